The van der Waals surface area contributed by atoms with Crippen LogP contribution in [0.15, 0.2) is 12.3 Å². The van der Waals surface area contributed by atoms with Crippen LogP contribution in [0.5, 0.6) is 0 Å². The minimum atomic E-state index is 0.436. The first-order chi connectivity index (χ1) is 8.20. The van der Waals surface area contributed by atoms with Gasteiger partial charge in [0.2, 0.25) is 5.13 Å². The Hall–Kier alpha value is -1.27. The van der Waals surface area contributed by atoms with Gasteiger partial charge in [-0.05, 0) is 18.5 Å². The van der Waals surface area contributed by atoms with E-state index in [0.717, 1.165) is 28.9 Å². The Morgan fingerprint density at radius 3 is 2.88 bits per heavy atom. The minimum absolute atomic E-state index is 0.436. The normalized spacial score (nSPS) is 11.3. The second-order valence-electron chi connectivity index (χ2n) is 4.10. The zero-order chi connectivity index (χ0) is 12.3. The summed E-state index contributed by atoms with van der Waals surface area (Å²) in [5.41, 5.74) is 1.08. The van der Waals surface area contributed by atoms with Gasteiger partial charge in [-0.1, -0.05) is 32.1 Å². The monoisotopic (exact) mass is 251 g/mol. The molecule has 0 saturated carbocycles. The number of hydrogen-bond donors (Lipinski definition) is 1. The molecule has 2 heterocycles. The van der Waals surface area contributed by atoms with Gasteiger partial charge in [-0.25, -0.2) is 4.68 Å². The van der Waals surface area contributed by atoms with Crippen molar-refractivity contribution in [2.24, 2.45) is 0 Å². The van der Waals surface area contributed by atoms with Crippen molar-refractivity contribution in [2.75, 3.05) is 6.54 Å². The molecule has 0 saturated heterocycles. The predicted octanol–water partition coefficient (Wildman–Crippen LogP) is 1.96. The maximum atomic E-state index is 4.48. The maximum absolute atomic E-state index is 4.48. The van der Waals surface area contributed by atoms with Crippen LogP contribution in [0.2, 0.25) is 0 Å². The highest BCUT2D eigenvalue weighted by Crippen LogP contribution is 2.17. The lowest BCUT2D eigenvalue weighted by atomic mass is 10.1. The molecule has 0 aliphatic carbocycles. The molecule has 0 spiro atoms. The second-order valence-corrected chi connectivity index (χ2v) is 5.14. The van der Waals surface area contributed by atoms with E-state index < -0.39 is 0 Å². The lowest BCUT2D eigenvalue weighted by molar-refractivity contribution is 0.712. The molecule has 2 aromatic heterocycles. The van der Waals surface area contributed by atoms with Crippen molar-refractivity contribution in [3.8, 4) is 5.13 Å². The molecule has 2 rings (SSSR count). The fourth-order valence-electron chi connectivity index (χ4n) is 1.39. The Balaban J connectivity index is 2.13. The van der Waals surface area contributed by atoms with Crippen LogP contribution in [0.1, 0.15) is 37.4 Å². The molecule has 0 amide bonds. The number of hydrogen-bond acceptors (Lipinski definition) is 5. The zero-order valence-electron chi connectivity index (χ0n) is 10.3. The third kappa shape index (κ3) is 2.89. The molecule has 0 unspecified atom stereocenters. The average molecular weight is 251 g/mol. The van der Waals surface area contributed by atoms with Crippen LogP contribution in [0.3, 0.4) is 0 Å². The number of nitrogens with zero attached hydrogens (tertiary/aromatic N) is 4. The summed E-state index contributed by atoms with van der Waals surface area (Å²) in [4.78, 5) is 0. The van der Waals surface area contributed by atoms with Crippen molar-refractivity contribution in [1.29, 1.82) is 0 Å². The molecule has 1 N–H and O–H groups in total. The van der Waals surface area contributed by atoms with Gasteiger partial charge in [-0.3, -0.25) is 0 Å². The Morgan fingerprint density at radius 2 is 2.24 bits per heavy atom. The Kier molecular flexibility index (Phi) is 3.86. The first-order valence-corrected chi connectivity index (χ1v) is 6.61. The first kappa shape index (κ1) is 12.2. The molecular formula is C11H17N5S. The number of nitrogens with one attached hydrogen (secondary N) is 1. The number of aromatic nitrogens is 4. The quantitative estimate of drug-likeness (QED) is 0.882. The highest BCUT2D eigenvalue weighted by atomic mass is 32.1. The topological polar surface area (TPSA) is 55.6 Å². The van der Waals surface area contributed by atoms with Gasteiger partial charge in [0.1, 0.15) is 5.01 Å². The fourth-order valence-corrected chi connectivity index (χ4v) is 2.14. The largest absolute Gasteiger partial charge is 0.311 e. The summed E-state index contributed by atoms with van der Waals surface area (Å²) >= 11 is 1.57. The smallest absolute Gasteiger partial charge is 0.232 e. The predicted molar refractivity (Wildman–Crippen MR) is 68.5 cm³/mol. The fraction of sp³-hybridized carbons (Fsp3) is 0.545. The number of rotatable bonds is 5. The Bertz CT molecular complexity index is 474. The highest BCUT2D eigenvalue weighted by Gasteiger charge is 2.09. The molecule has 92 valence electrons. The van der Waals surface area contributed by atoms with Crippen LogP contribution in [0, 0.1) is 0 Å². The van der Waals surface area contributed by atoms with E-state index in [1.54, 1.807) is 16.0 Å². The molecule has 2 aromatic rings. The molecule has 0 bridgehead atoms. The molecule has 6 heteroatoms. The molecule has 0 aromatic carbocycles. The van der Waals surface area contributed by atoms with E-state index in [4.69, 9.17) is 0 Å². The summed E-state index contributed by atoms with van der Waals surface area (Å²) in [6, 6.07) is 2.02. The summed E-state index contributed by atoms with van der Waals surface area (Å²) in [6.07, 6.45) is 1.94. The van der Waals surface area contributed by atoms with Gasteiger partial charge in [0, 0.05) is 12.7 Å². The van der Waals surface area contributed by atoms with Gasteiger partial charge < -0.3 is 5.32 Å². The average Bonchev–Trinajstić information content (AvgIpc) is 2.94. The van der Waals surface area contributed by atoms with Crippen LogP contribution in [-0.4, -0.2) is 26.5 Å². The van der Waals surface area contributed by atoms with Crippen molar-refractivity contribution >= 4 is 11.3 Å². The molecular weight excluding hydrogens is 234 g/mol. The lowest BCUT2D eigenvalue weighted by Gasteiger charge is -1.97. The summed E-state index contributed by atoms with van der Waals surface area (Å²) in [5.74, 6) is 0.436. The lowest BCUT2D eigenvalue weighted by Crippen LogP contribution is -2.11. The third-order valence-corrected chi connectivity index (χ3v) is 3.29. The van der Waals surface area contributed by atoms with Crippen LogP contribution in [0.25, 0.3) is 5.13 Å². The van der Waals surface area contributed by atoms with Crippen molar-refractivity contribution < 1.29 is 0 Å². The van der Waals surface area contributed by atoms with Gasteiger partial charge in [-0.2, -0.15) is 5.10 Å². The SMILES string of the molecule is CCNCc1nnc(-n2ccc(C(C)C)n2)s1. The van der Waals surface area contributed by atoms with E-state index in [1.807, 2.05) is 12.3 Å². The maximum Gasteiger partial charge on any atom is 0.232 e. The van der Waals surface area contributed by atoms with E-state index in [9.17, 15) is 0 Å². The van der Waals surface area contributed by atoms with Crippen LogP contribution < -0.4 is 5.32 Å². The van der Waals surface area contributed by atoms with Gasteiger partial charge >= 0.3 is 0 Å². The van der Waals surface area contributed by atoms with E-state index in [-0.39, 0.29) is 0 Å². The van der Waals surface area contributed by atoms with Crippen molar-refractivity contribution in [3.05, 3.63) is 23.0 Å². The van der Waals surface area contributed by atoms with Crippen LogP contribution in [-0.2, 0) is 6.54 Å². The van der Waals surface area contributed by atoms with E-state index >= 15 is 0 Å². The van der Waals surface area contributed by atoms with Crippen LogP contribution >= 0.6 is 11.3 Å². The van der Waals surface area contributed by atoms with Crippen LogP contribution in [0.4, 0.5) is 0 Å². The van der Waals surface area contributed by atoms with Gasteiger partial charge in [-0.15, -0.1) is 10.2 Å². The zero-order valence-corrected chi connectivity index (χ0v) is 11.2. The minimum Gasteiger partial charge on any atom is -0.311 e. The van der Waals surface area contributed by atoms with Crippen molar-refractivity contribution in [2.45, 2.75) is 33.2 Å². The van der Waals surface area contributed by atoms with Crippen molar-refractivity contribution in [3.63, 3.8) is 0 Å². The molecule has 0 atom stereocenters. The van der Waals surface area contributed by atoms with E-state index in [1.165, 1.54) is 0 Å². The molecule has 0 aliphatic rings. The molecule has 17 heavy (non-hydrogen) atoms. The van der Waals surface area contributed by atoms with Gasteiger partial charge in [0.25, 0.3) is 0 Å². The third-order valence-electron chi connectivity index (χ3n) is 2.38. The van der Waals surface area contributed by atoms with Gasteiger partial charge in [0.05, 0.1) is 5.69 Å². The van der Waals surface area contributed by atoms with Gasteiger partial charge in [0.15, 0.2) is 0 Å². The summed E-state index contributed by atoms with van der Waals surface area (Å²) in [5, 5.41) is 17.8. The standard InChI is InChI=1S/C11H17N5S/c1-4-12-7-10-13-14-11(17-10)16-6-5-9(15-16)8(2)3/h5-6,8,12H,4,7H2,1-3H3. The highest BCUT2D eigenvalue weighted by molar-refractivity contribution is 7.13. The molecule has 5 nitrogen and oxygen atoms in total. The van der Waals surface area contributed by atoms with E-state index in [0.29, 0.717) is 5.92 Å². The van der Waals surface area contributed by atoms with Crippen molar-refractivity contribution in [1.82, 2.24) is 25.3 Å². The molecule has 0 radical (unpaired) electrons. The summed E-state index contributed by atoms with van der Waals surface area (Å²) in [7, 11) is 0. The Morgan fingerprint density at radius 1 is 1.41 bits per heavy atom. The second kappa shape index (κ2) is 5.37. The van der Waals surface area contributed by atoms with E-state index in [2.05, 4.69) is 41.4 Å². The summed E-state index contributed by atoms with van der Waals surface area (Å²) in [6.45, 7) is 8.04. The molecule has 0 aliphatic heterocycles. The Labute approximate surface area is 105 Å². The summed E-state index contributed by atoms with van der Waals surface area (Å²) < 4.78 is 1.79. The first-order valence-electron chi connectivity index (χ1n) is 5.79. The molecule has 0 fully saturated rings.